The fraction of sp³-hybridized carbons (Fsp3) is 0.667. The highest BCUT2D eigenvalue weighted by atomic mass is 16.5. The van der Waals surface area contributed by atoms with Gasteiger partial charge in [0.2, 0.25) is 0 Å². The zero-order chi connectivity index (χ0) is 10.2. The summed E-state index contributed by atoms with van der Waals surface area (Å²) in [7, 11) is 0. The van der Waals surface area contributed by atoms with E-state index >= 15 is 0 Å². The quantitative estimate of drug-likeness (QED) is 0.704. The molecule has 1 aliphatic rings. The Hall–Kier alpha value is -0.760. The molecule has 2 heteroatoms. The lowest BCUT2D eigenvalue weighted by Gasteiger charge is -2.25. The van der Waals surface area contributed by atoms with Gasteiger partial charge in [0.1, 0.15) is 0 Å². The molecule has 2 rings (SSSR count). The fourth-order valence-corrected chi connectivity index (χ4v) is 2.24. The van der Waals surface area contributed by atoms with Crippen molar-refractivity contribution in [1.29, 1.82) is 0 Å². The first-order valence-corrected chi connectivity index (χ1v) is 5.37. The number of rotatable bonds is 2. The standard InChI is InChI=1S/C12H19NO/c1-10-5-6-11(2)13(10)9-12(3)7-4-8-14-12/h5-6H,4,7-9H2,1-3H3. The first kappa shape index (κ1) is 9.78. The van der Waals surface area contributed by atoms with E-state index in [0.29, 0.717) is 0 Å². The van der Waals surface area contributed by atoms with Crippen LogP contribution in [0, 0.1) is 13.8 Å². The Morgan fingerprint density at radius 1 is 1.36 bits per heavy atom. The highest BCUT2D eigenvalue weighted by molar-refractivity contribution is 5.14. The van der Waals surface area contributed by atoms with Crippen molar-refractivity contribution in [2.24, 2.45) is 0 Å². The zero-order valence-corrected chi connectivity index (χ0v) is 9.34. The summed E-state index contributed by atoms with van der Waals surface area (Å²) in [5.41, 5.74) is 2.73. The van der Waals surface area contributed by atoms with Crippen LogP contribution < -0.4 is 0 Å². The van der Waals surface area contributed by atoms with Gasteiger partial charge in [-0.2, -0.15) is 0 Å². The van der Waals surface area contributed by atoms with E-state index in [1.54, 1.807) is 0 Å². The fourth-order valence-electron chi connectivity index (χ4n) is 2.24. The van der Waals surface area contributed by atoms with Gasteiger partial charge in [-0.25, -0.2) is 0 Å². The maximum absolute atomic E-state index is 5.80. The molecule has 0 bridgehead atoms. The monoisotopic (exact) mass is 193 g/mol. The van der Waals surface area contributed by atoms with E-state index in [1.165, 1.54) is 24.2 Å². The lowest BCUT2D eigenvalue weighted by Crippen LogP contribution is -2.30. The number of ether oxygens (including phenoxy) is 1. The second-order valence-electron chi connectivity index (χ2n) is 4.60. The molecule has 1 aliphatic heterocycles. The zero-order valence-electron chi connectivity index (χ0n) is 9.34. The van der Waals surface area contributed by atoms with E-state index in [1.807, 2.05) is 0 Å². The van der Waals surface area contributed by atoms with Gasteiger partial charge < -0.3 is 9.30 Å². The molecule has 1 unspecified atom stereocenters. The Labute approximate surface area is 85.9 Å². The minimum absolute atomic E-state index is 0.0640. The normalized spacial score (nSPS) is 27.1. The highest BCUT2D eigenvalue weighted by Gasteiger charge is 2.30. The average Bonchev–Trinajstić information content (AvgIpc) is 2.68. The second-order valence-corrected chi connectivity index (χ2v) is 4.60. The molecule has 1 aromatic heterocycles. The van der Waals surface area contributed by atoms with Crippen LogP contribution in [0.25, 0.3) is 0 Å². The predicted octanol–water partition coefficient (Wildman–Crippen LogP) is 2.67. The summed E-state index contributed by atoms with van der Waals surface area (Å²) in [6.45, 7) is 8.46. The summed E-state index contributed by atoms with van der Waals surface area (Å²) in [4.78, 5) is 0. The maximum atomic E-state index is 5.80. The Kier molecular flexibility index (Phi) is 2.40. The van der Waals surface area contributed by atoms with Crippen molar-refractivity contribution >= 4 is 0 Å². The Bertz CT molecular complexity index is 302. The van der Waals surface area contributed by atoms with Gasteiger partial charge in [0, 0.05) is 18.0 Å². The predicted molar refractivity (Wildman–Crippen MR) is 57.5 cm³/mol. The lowest BCUT2D eigenvalue weighted by atomic mass is 10.0. The molecule has 1 aromatic rings. The number of hydrogen-bond donors (Lipinski definition) is 0. The molecule has 0 amide bonds. The van der Waals surface area contributed by atoms with Gasteiger partial charge in [0.05, 0.1) is 12.1 Å². The summed E-state index contributed by atoms with van der Waals surface area (Å²) in [6, 6.07) is 4.35. The lowest BCUT2D eigenvalue weighted by molar-refractivity contribution is 0.00552. The van der Waals surface area contributed by atoms with Crippen LogP contribution in [-0.4, -0.2) is 16.8 Å². The van der Waals surface area contributed by atoms with Gasteiger partial charge in [-0.3, -0.25) is 0 Å². The van der Waals surface area contributed by atoms with E-state index in [4.69, 9.17) is 4.74 Å². The number of aromatic nitrogens is 1. The van der Waals surface area contributed by atoms with Crippen LogP contribution in [-0.2, 0) is 11.3 Å². The van der Waals surface area contributed by atoms with Crippen LogP contribution in [0.2, 0.25) is 0 Å². The Balaban J connectivity index is 2.17. The van der Waals surface area contributed by atoms with Gasteiger partial charge in [-0.1, -0.05) is 0 Å². The van der Waals surface area contributed by atoms with Gasteiger partial charge >= 0.3 is 0 Å². The van der Waals surface area contributed by atoms with E-state index in [9.17, 15) is 0 Å². The molecule has 0 aliphatic carbocycles. The summed E-state index contributed by atoms with van der Waals surface area (Å²) in [5, 5.41) is 0. The topological polar surface area (TPSA) is 14.2 Å². The number of nitrogens with zero attached hydrogens (tertiary/aromatic N) is 1. The summed E-state index contributed by atoms with van der Waals surface area (Å²) < 4.78 is 8.16. The largest absolute Gasteiger partial charge is 0.373 e. The van der Waals surface area contributed by atoms with Crippen molar-refractivity contribution in [2.45, 2.75) is 45.8 Å². The Morgan fingerprint density at radius 3 is 2.50 bits per heavy atom. The number of hydrogen-bond acceptors (Lipinski definition) is 1. The SMILES string of the molecule is Cc1ccc(C)n1CC1(C)CCCO1. The molecule has 0 N–H and O–H groups in total. The second kappa shape index (κ2) is 3.43. The molecule has 0 spiro atoms. The van der Waals surface area contributed by atoms with Crippen molar-refractivity contribution in [3.63, 3.8) is 0 Å². The third kappa shape index (κ3) is 1.71. The molecule has 14 heavy (non-hydrogen) atoms. The molecular weight excluding hydrogens is 174 g/mol. The smallest absolute Gasteiger partial charge is 0.0833 e. The van der Waals surface area contributed by atoms with Crippen LogP contribution in [0.5, 0.6) is 0 Å². The van der Waals surface area contributed by atoms with Crippen molar-refractivity contribution in [3.05, 3.63) is 23.5 Å². The third-order valence-electron chi connectivity index (χ3n) is 3.21. The third-order valence-corrected chi connectivity index (χ3v) is 3.21. The van der Waals surface area contributed by atoms with Gasteiger partial charge in [-0.15, -0.1) is 0 Å². The van der Waals surface area contributed by atoms with Crippen molar-refractivity contribution in [2.75, 3.05) is 6.61 Å². The minimum Gasteiger partial charge on any atom is -0.373 e. The average molecular weight is 193 g/mol. The molecule has 2 heterocycles. The van der Waals surface area contributed by atoms with Gasteiger partial charge in [0.25, 0.3) is 0 Å². The highest BCUT2D eigenvalue weighted by Crippen LogP contribution is 2.28. The van der Waals surface area contributed by atoms with Crippen molar-refractivity contribution in [3.8, 4) is 0 Å². The maximum Gasteiger partial charge on any atom is 0.0833 e. The first-order valence-electron chi connectivity index (χ1n) is 5.37. The molecule has 0 radical (unpaired) electrons. The molecule has 0 saturated carbocycles. The van der Waals surface area contributed by atoms with Crippen molar-refractivity contribution < 1.29 is 4.74 Å². The van der Waals surface area contributed by atoms with E-state index in [-0.39, 0.29) is 5.60 Å². The van der Waals surface area contributed by atoms with Gasteiger partial charge in [0.15, 0.2) is 0 Å². The number of aryl methyl sites for hydroxylation is 2. The molecule has 78 valence electrons. The minimum atomic E-state index is 0.0640. The molecule has 0 aromatic carbocycles. The molecule has 1 atom stereocenters. The van der Waals surface area contributed by atoms with E-state index in [2.05, 4.69) is 37.5 Å². The van der Waals surface area contributed by atoms with Crippen LogP contribution in [0.1, 0.15) is 31.2 Å². The van der Waals surface area contributed by atoms with Crippen molar-refractivity contribution in [1.82, 2.24) is 4.57 Å². The van der Waals surface area contributed by atoms with Crippen LogP contribution >= 0.6 is 0 Å². The molecule has 1 saturated heterocycles. The first-order chi connectivity index (χ1) is 6.61. The molecular formula is C12H19NO. The summed E-state index contributed by atoms with van der Waals surface area (Å²) in [5.74, 6) is 0. The van der Waals surface area contributed by atoms with E-state index in [0.717, 1.165) is 13.2 Å². The summed E-state index contributed by atoms with van der Waals surface area (Å²) >= 11 is 0. The van der Waals surface area contributed by atoms with Crippen LogP contribution in [0.15, 0.2) is 12.1 Å². The van der Waals surface area contributed by atoms with Crippen LogP contribution in [0.4, 0.5) is 0 Å². The van der Waals surface area contributed by atoms with Crippen LogP contribution in [0.3, 0.4) is 0 Å². The van der Waals surface area contributed by atoms with Gasteiger partial charge in [-0.05, 0) is 45.7 Å². The Morgan fingerprint density at radius 2 is 2.00 bits per heavy atom. The summed E-state index contributed by atoms with van der Waals surface area (Å²) in [6.07, 6.45) is 2.39. The molecule has 2 nitrogen and oxygen atoms in total. The molecule has 1 fully saturated rings. The van der Waals surface area contributed by atoms with E-state index < -0.39 is 0 Å².